The van der Waals surface area contributed by atoms with E-state index in [2.05, 4.69) is 44.6 Å². The summed E-state index contributed by atoms with van der Waals surface area (Å²) in [6.07, 6.45) is 5.48. The summed E-state index contributed by atoms with van der Waals surface area (Å²) in [5.74, 6) is 0. The summed E-state index contributed by atoms with van der Waals surface area (Å²) in [6, 6.07) is 12.5. The van der Waals surface area contributed by atoms with E-state index in [1.54, 1.807) is 11.3 Å². The maximum absolute atomic E-state index is 5.69. The lowest BCUT2D eigenvalue weighted by Crippen LogP contribution is -2.29. The number of thiophene rings is 1. The van der Waals surface area contributed by atoms with Crippen LogP contribution in [0.25, 0.3) is 0 Å². The van der Waals surface area contributed by atoms with Crippen LogP contribution in [0, 0.1) is 6.92 Å². The maximum Gasteiger partial charge on any atom is 0.170 e. The van der Waals surface area contributed by atoms with E-state index in [9.17, 15) is 0 Å². The Balaban J connectivity index is 1.74. The van der Waals surface area contributed by atoms with Gasteiger partial charge in [-0.1, -0.05) is 6.07 Å². The Morgan fingerprint density at radius 3 is 2.68 bits per heavy atom. The lowest BCUT2D eigenvalue weighted by molar-refractivity contribution is 0.314. The van der Waals surface area contributed by atoms with Crippen LogP contribution in [0.15, 0.2) is 60.4 Å². The van der Waals surface area contributed by atoms with E-state index in [0.29, 0.717) is 0 Å². The van der Waals surface area contributed by atoms with Gasteiger partial charge in [0.2, 0.25) is 0 Å². The number of hydrogen-bond acceptors (Lipinski definition) is 4. The Kier molecular flexibility index (Phi) is 4.46. The Hall–Kier alpha value is -2.31. The first-order valence-corrected chi connectivity index (χ1v) is 9.44. The Labute approximate surface area is 156 Å². The normalized spacial score (nSPS) is 19.9. The van der Waals surface area contributed by atoms with Crippen molar-refractivity contribution >= 4 is 28.7 Å². The molecule has 2 atom stereocenters. The predicted octanol–water partition coefficient (Wildman–Crippen LogP) is 4.02. The Morgan fingerprint density at radius 2 is 2.00 bits per heavy atom. The third-order valence-electron chi connectivity index (χ3n) is 4.47. The summed E-state index contributed by atoms with van der Waals surface area (Å²) in [6.45, 7) is 2.91. The van der Waals surface area contributed by atoms with Gasteiger partial charge in [0, 0.05) is 30.0 Å². The Bertz CT molecular complexity index is 863. The quantitative estimate of drug-likeness (QED) is 0.706. The van der Waals surface area contributed by atoms with Crippen molar-refractivity contribution in [1.82, 2.24) is 20.2 Å². The van der Waals surface area contributed by atoms with Crippen LogP contribution in [0.5, 0.6) is 0 Å². The van der Waals surface area contributed by atoms with Crippen LogP contribution in [-0.2, 0) is 6.54 Å². The molecule has 0 radical (unpaired) electrons. The fraction of sp³-hybridized carbons (Fsp3) is 0.211. The second-order valence-corrected chi connectivity index (χ2v) is 7.41. The molecule has 1 aliphatic heterocycles. The molecule has 3 aromatic rings. The Morgan fingerprint density at radius 1 is 1.16 bits per heavy atom. The summed E-state index contributed by atoms with van der Waals surface area (Å²) < 4.78 is 0. The highest BCUT2D eigenvalue weighted by atomic mass is 32.1. The molecule has 25 heavy (non-hydrogen) atoms. The minimum atomic E-state index is 0.0490. The molecule has 4 heterocycles. The van der Waals surface area contributed by atoms with Gasteiger partial charge in [0.25, 0.3) is 0 Å². The SMILES string of the molecule is Cc1ccsc1[C@H]1[C@@H](c2ccccn2)NC(=S)N1Cc1ccncc1. The van der Waals surface area contributed by atoms with Gasteiger partial charge in [0.1, 0.15) is 0 Å². The number of pyridine rings is 2. The van der Waals surface area contributed by atoms with Crippen LogP contribution in [0.3, 0.4) is 0 Å². The summed E-state index contributed by atoms with van der Waals surface area (Å²) in [4.78, 5) is 12.3. The molecule has 0 spiro atoms. The van der Waals surface area contributed by atoms with Gasteiger partial charge in [0.15, 0.2) is 5.11 Å². The van der Waals surface area contributed by atoms with E-state index in [4.69, 9.17) is 12.2 Å². The van der Waals surface area contributed by atoms with Gasteiger partial charge in [0.05, 0.1) is 17.8 Å². The van der Waals surface area contributed by atoms with Crippen molar-refractivity contribution in [3.05, 3.63) is 82.1 Å². The van der Waals surface area contributed by atoms with Crippen molar-refractivity contribution in [1.29, 1.82) is 0 Å². The van der Waals surface area contributed by atoms with Crippen LogP contribution >= 0.6 is 23.6 Å². The van der Waals surface area contributed by atoms with Crippen molar-refractivity contribution in [2.24, 2.45) is 0 Å². The largest absolute Gasteiger partial charge is 0.352 e. The summed E-state index contributed by atoms with van der Waals surface area (Å²) >= 11 is 7.47. The second kappa shape index (κ2) is 6.90. The molecule has 1 saturated heterocycles. The van der Waals surface area contributed by atoms with Gasteiger partial charge in [-0.25, -0.2) is 0 Å². The number of aryl methyl sites for hydroxylation is 1. The zero-order valence-corrected chi connectivity index (χ0v) is 15.4. The standard InChI is InChI=1S/C19H18N4S2/c1-13-7-11-25-18(13)17-16(15-4-2-3-8-21-15)22-19(24)23(17)12-14-5-9-20-10-6-14/h2-11,16-17H,12H2,1H3,(H,22,24)/t16-,17-/m1/s1. The zero-order valence-electron chi connectivity index (χ0n) is 13.8. The average Bonchev–Trinajstić information content (AvgIpc) is 3.20. The number of aromatic nitrogens is 2. The molecule has 1 N–H and O–H groups in total. The van der Waals surface area contributed by atoms with Crippen LogP contribution in [0.2, 0.25) is 0 Å². The predicted molar refractivity (Wildman–Crippen MR) is 104 cm³/mol. The van der Waals surface area contributed by atoms with Crippen LogP contribution < -0.4 is 5.32 Å². The third-order valence-corrected chi connectivity index (χ3v) is 5.91. The number of thiocarbonyl (C=S) groups is 1. The molecule has 0 saturated carbocycles. The first-order chi connectivity index (χ1) is 12.2. The van der Waals surface area contributed by atoms with E-state index in [0.717, 1.165) is 17.4 Å². The molecule has 1 fully saturated rings. The highest BCUT2D eigenvalue weighted by Gasteiger charge is 2.40. The highest BCUT2D eigenvalue weighted by Crippen LogP contribution is 2.42. The van der Waals surface area contributed by atoms with E-state index in [1.165, 1.54) is 16.0 Å². The monoisotopic (exact) mass is 366 g/mol. The molecule has 6 heteroatoms. The molecule has 0 unspecified atom stereocenters. The number of rotatable bonds is 4. The first-order valence-electron chi connectivity index (χ1n) is 8.15. The van der Waals surface area contributed by atoms with E-state index < -0.39 is 0 Å². The molecule has 4 nitrogen and oxygen atoms in total. The molecule has 0 aromatic carbocycles. The zero-order chi connectivity index (χ0) is 17.2. The van der Waals surface area contributed by atoms with Gasteiger partial charge in [-0.05, 0) is 66.0 Å². The molecular formula is C19H18N4S2. The van der Waals surface area contributed by atoms with Crippen molar-refractivity contribution in [2.75, 3.05) is 0 Å². The van der Waals surface area contributed by atoms with Crippen LogP contribution in [0.1, 0.15) is 33.8 Å². The molecule has 3 aromatic heterocycles. The number of nitrogens with one attached hydrogen (secondary N) is 1. The molecule has 0 aliphatic carbocycles. The van der Waals surface area contributed by atoms with E-state index in [-0.39, 0.29) is 12.1 Å². The summed E-state index contributed by atoms with van der Waals surface area (Å²) in [5.41, 5.74) is 3.50. The van der Waals surface area contributed by atoms with Gasteiger partial charge < -0.3 is 10.2 Å². The molecule has 0 bridgehead atoms. The minimum Gasteiger partial charge on any atom is -0.352 e. The molecule has 4 rings (SSSR count). The van der Waals surface area contributed by atoms with E-state index in [1.807, 2.05) is 42.9 Å². The maximum atomic E-state index is 5.69. The first kappa shape index (κ1) is 16.2. The third kappa shape index (κ3) is 3.15. The van der Waals surface area contributed by atoms with E-state index >= 15 is 0 Å². The smallest absolute Gasteiger partial charge is 0.170 e. The van der Waals surface area contributed by atoms with Crippen molar-refractivity contribution < 1.29 is 0 Å². The second-order valence-electron chi connectivity index (χ2n) is 6.08. The van der Waals surface area contributed by atoms with Gasteiger partial charge >= 0.3 is 0 Å². The summed E-state index contributed by atoms with van der Waals surface area (Å²) in [5, 5.41) is 6.41. The molecule has 126 valence electrons. The molecular weight excluding hydrogens is 348 g/mol. The van der Waals surface area contributed by atoms with Crippen molar-refractivity contribution in [2.45, 2.75) is 25.6 Å². The van der Waals surface area contributed by atoms with Gasteiger partial charge in [-0.2, -0.15) is 0 Å². The fourth-order valence-electron chi connectivity index (χ4n) is 3.23. The minimum absolute atomic E-state index is 0.0490. The lowest BCUT2D eigenvalue weighted by atomic mass is 10.0. The summed E-state index contributed by atoms with van der Waals surface area (Å²) in [7, 11) is 0. The van der Waals surface area contributed by atoms with Crippen molar-refractivity contribution in [3.8, 4) is 0 Å². The van der Waals surface area contributed by atoms with Gasteiger partial charge in [-0.3, -0.25) is 9.97 Å². The number of nitrogens with zero attached hydrogens (tertiary/aromatic N) is 3. The number of hydrogen-bond donors (Lipinski definition) is 1. The van der Waals surface area contributed by atoms with Crippen LogP contribution in [0.4, 0.5) is 0 Å². The topological polar surface area (TPSA) is 41.1 Å². The molecule has 0 amide bonds. The van der Waals surface area contributed by atoms with Crippen LogP contribution in [-0.4, -0.2) is 20.0 Å². The molecule has 1 aliphatic rings. The fourth-order valence-corrected chi connectivity index (χ4v) is 4.61. The lowest BCUT2D eigenvalue weighted by Gasteiger charge is -2.27. The average molecular weight is 367 g/mol. The van der Waals surface area contributed by atoms with Gasteiger partial charge in [-0.15, -0.1) is 11.3 Å². The van der Waals surface area contributed by atoms with Crippen molar-refractivity contribution in [3.63, 3.8) is 0 Å². The highest BCUT2D eigenvalue weighted by molar-refractivity contribution is 7.80.